The molecule has 2 heteroatoms. The lowest BCUT2D eigenvalue weighted by Gasteiger charge is -2.59. The maximum Gasteiger partial charge on any atom is 0.117 e. The second-order valence-corrected chi connectivity index (χ2v) is 12.6. The minimum atomic E-state index is -0.967. The molecule has 166 valence electrons. The second kappa shape index (κ2) is 7.66. The fourth-order valence-corrected chi connectivity index (χ4v) is 8.70. The van der Waals surface area contributed by atoms with Gasteiger partial charge in [0, 0.05) is 6.42 Å². The van der Waals surface area contributed by atoms with Crippen LogP contribution in [0, 0.1) is 46.3 Å². The van der Waals surface area contributed by atoms with Crippen molar-refractivity contribution in [3.63, 3.8) is 0 Å². The highest BCUT2D eigenvalue weighted by Crippen LogP contribution is 2.67. The lowest BCUT2D eigenvalue weighted by atomic mass is 9.46. The minimum absolute atomic E-state index is 0.289. The summed E-state index contributed by atoms with van der Waals surface area (Å²) in [6.45, 7) is 12.5. The van der Waals surface area contributed by atoms with Gasteiger partial charge in [-0.2, -0.15) is 0 Å². The van der Waals surface area contributed by atoms with Gasteiger partial charge in [-0.05, 0) is 91.3 Å². The van der Waals surface area contributed by atoms with E-state index in [1.54, 1.807) is 0 Å². The molecule has 0 unspecified atom stereocenters. The van der Waals surface area contributed by atoms with Crippen LogP contribution in [0.2, 0.25) is 0 Å². The Balaban J connectivity index is 1.50. The van der Waals surface area contributed by atoms with Crippen LogP contribution in [0.4, 0.5) is 0 Å². The molecule has 4 aliphatic carbocycles. The summed E-state index contributed by atoms with van der Waals surface area (Å²) < 4.78 is 0. The highest BCUT2D eigenvalue weighted by molar-refractivity contribution is 5.26. The lowest BCUT2D eigenvalue weighted by Crippen LogP contribution is -2.54. The lowest BCUT2D eigenvalue weighted by molar-refractivity contribution is -0.0733. The zero-order valence-electron chi connectivity index (χ0n) is 19.8. The highest BCUT2D eigenvalue weighted by Gasteiger charge is 2.59. The van der Waals surface area contributed by atoms with Crippen LogP contribution in [0.15, 0.2) is 11.6 Å². The normalized spacial score (nSPS) is 47.9. The highest BCUT2D eigenvalue weighted by atomic mass is 16.3. The van der Waals surface area contributed by atoms with Gasteiger partial charge in [-0.3, -0.25) is 0 Å². The molecule has 0 aromatic carbocycles. The Labute approximate surface area is 180 Å². The third kappa shape index (κ3) is 3.75. The molecule has 4 aliphatic rings. The summed E-state index contributed by atoms with van der Waals surface area (Å²) >= 11 is 0. The Kier molecular flexibility index (Phi) is 5.78. The minimum Gasteiger partial charge on any atom is -0.376 e. The molecule has 0 radical (unpaired) electrons. The molecule has 0 heterocycles. The molecule has 8 atom stereocenters. The van der Waals surface area contributed by atoms with E-state index in [0.717, 1.165) is 48.3 Å². The van der Waals surface area contributed by atoms with E-state index >= 15 is 0 Å². The summed E-state index contributed by atoms with van der Waals surface area (Å²) in [4.78, 5) is 0. The first kappa shape index (κ1) is 21.9. The van der Waals surface area contributed by atoms with E-state index in [2.05, 4.69) is 40.7 Å². The summed E-state index contributed by atoms with van der Waals surface area (Å²) in [6, 6.07) is 0. The molecule has 29 heavy (non-hydrogen) atoms. The largest absolute Gasteiger partial charge is 0.376 e. The number of aliphatic hydroxyl groups is 1. The number of hydrogen-bond donors (Lipinski definition) is 2. The molecular formula is C27H47NO. The third-order valence-electron chi connectivity index (χ3n) is 10.4. The van der Waals surface area contributed by atoms with E-state index in [9.17, 15) is 5.11 Å². The Bertz CT molecular complexity index is 636. The van der Waals surface area contributed by atoms with Gasteiger partial charge < -0.3 is 10.8 Å². The van der Waals surface area contributed by atoms with E-state index < -0.39 is 5.72 Å². The van der Waals surface area contributed by atoms with E-state index in [-0.39, 0.29) is 5.41 Å². The molecule has 0 saturated heterocycles. The third-order valence-corrected chi connectivity index (χ3v) is 10.4. The molecule has 3 saturated carbocycles. The van der Waals surface area contributed by atoms with Gasteiger partial charge in [0.15, 0.2) is 0 Å². The van der Waals surface area contributed by atoms with Gasteiger partial charge in [0.05, 0.1) is 0 Å². The zero-order valence-corrected chi connectivity index (χ0v) is 19.8. The maximum atomic E-state index is 10.5. The van der Waals surface area contributed by atoms with Gasteiger partial charge in [0.2, 0.25) is 0 Å². The van der Waals surface area contributed by atoms with Gasteiger partial charge >= 0.3 is 0 Å². The van der Waals surface area contributed by atoms with Gasteiger partial charge in [0.1, 0.15) is 5.72 Å². The summed E-state index contributed by atoms with van der Waals surface area (Å²) in [5.41, 5.74) is 7.51. The van der Waals surface area contributed by atoms with Crippen LogP contribution in [-0.4, -0.2) is 10.8 Å². The monoisotopic (exact) mass is 401 g/mol. The van der Waals surface area contributed by atoms with E-state index in [0.29, 0.717) is 11.8 Å². The van der Waals surface area contributed by atoms with Crippen molar-refractivity contribution in [3.8, 4) is 0 Å². The van der Waals surface area contributed by atoms with Crippen molar-refractivity contribution in [3.05, 3.63) is 11.6 Å². The van der Waals surface area contributed by atoms with Crippen LogP contribution in [0.1, 0.15) is 105 Å². The van der Waals surface area contributed by atoms with Crippen LogP contribution in [0.25, 0.3) is 0 Å². The molecule has 3 fully saturated rings. The molecule has 0 amide bonds. The van der Waals surface area contributed by atoms with Crippen molar-refractivity contribution in [2.45, 2.75) is 111 Å². The van der Waals surface area contributed by atoms with Crippen molar-refractivity contribution in [2.24, 2.45) is 52.1 Å². The van der Waals surface area contributed by atoms with Crippen molar-refractivity contribution >= 4 is 0 Å². The first-order valence-corrected chi connectivity index (χ1v) is 12.8. The van der Waals surface area contributed by atoms with Crippen molar-refractivity contribution in [1.82, 2.24) is 0 Å². The maximum absolute atomic E-state index is 10.5. The Morgan fingerprint density at radius 2 is 1.79 bits per heavy atom. The number of rotatable bonds is 5. The standard InChI is InChI=1S/C27H47NO/c1-18(2)7-6-8-19(3)22-11-12-23-21-10-9-20-17-27(28,29)16-15-25(20,4)24(21)13-14-26(22,23)5/h9,18-19,21-24,29H,6-8,10-17,28H2,1-5H3/t19-,21+,22-,23+,24+,25+,26-,27-/m1/s1. The summed E-state index contributed by atoms with van der Waals surface area (Å²) in [7, 11) is 0. The fraction of sp³-hybridized carbons (Fsp3) is 0.926. The second-order valence-electron chi connectivity index (χ2n) is 12.6. The molecule has 0 aromatic rings. The Morgan fingerprint density at radius 3 is 2.52 bits per heavy atom. The number of fused-ring (bicyclic) bond motifs is 5. The van der Waals surface area contributed by atoms with Crippen LogP contribution < -0.4 is 5.73 Å². The van der Waals surface area contributed by atoms with E-state index in [1.807, 2.05) is 0 Å². The number of hydrogen-bond acceptors (Lipinski definition) is 2. The van der Waals surface area contributed by atoms with Crippen LogP contribution in [-0.2, 0) is 0 Å². The predicted molar refractivity (Wildman–Crippen MR) is 122 cm³/mol. The quantitative estimate of drug-likeness (QED) is 0.399. The summed E-state index contributed by atoms with van der Waals surface area (Å²) in [5.74, 6) is 5.24. The van der Waals surface area contributed by atoms with Gasteiger partial charge in [-0.15, -0.1) is 0 Å². The van der Waals surface area contributed by atoms with Crippen LogP contribution in [0.5, 0.6) is 0 Å². The smallest absolute Gasteiger partial charge is 0.117 e. The molecule has 0 aromatic heterocycles. The van der Waals surface area contributed by atoms with Crippen molar-refractivity contribution < 1.29 is 5.11 Å². The van der Waals surface area contributed by atoms with E-state index in [4.69, 9.17) is 5.73 Å². The molecular weight excluding hydrogens is 354 g/mol. The molecule has 0 bridgehead atoms. The molecule has 0 spiro atoms. The summed E-state index contributed by atoms with van der Waals surface area (Å²) in [6.07, 6.45) is 16.3. The predicted octanol–water partition coefficient (Wildman–Crippen LogP) is 6.68. The average molecular weight is 402 g/mol. The fourth-order valence-electron chi connectivity index (χ4n) is 8.70. The van der Waals surface area contributed by atoms with Gasteiger partial charge in [-0.25, -0.2) is 0 Å². The van der Waals surface area contributed by atoms with Crippen molar-refractivity contribution in [1.29, 1.82) is 0 Å². The van der Waals surface area contributed by atoms with Crippen molar-refractivity contribution in [2.75, 3.05) is 0 Å². The Morgan fingerprint density at radius 1 is 1.03 bits per heavy atom. The van der Waals surface area contributed by atoms with Gasteiger partial charge in [0.25, 0.3) is 0 Å². The number of nitrogens with two attached hydrogens (primary N) is 1. The molecule has 2 nitrogen and oxygen atoms in total. The average Bonchev–Trinajstić information content (AvgIpc) is 2.99. The number of allylic oxidation sites excluding steroid dienone is 1. The Hall–Kier alpha value is -0.340. The molecule has 4 rings (SSSR count). The van der Waals surface area contributed by atoms with Crippen LogP contribution in [0.3, 0.4) is 0 Å². The topological polar surface area (TPSA) is 46.2 Å². The summed E-state index contributed by atoms with van der Waals surface area (Å²) in [5, 5.41) is 10.5. The first-order valence-electron chi connectivity index (χ1n) is 12.8. The van der Waals surface area contributed by atoms with E-state index in [1.165, 1.54) is 56.9 Å². The SMILES string of the molecule is CC(C)CCC[C@@H](C)[C@H]1CC[C@H]2[C@@H]3CC=C4C[C@](N)(O)CC[C@]4(C)[C@H]3CC[C@]12C. The zero-order chi connectivity index (χ0) is 21.0. The van der Waals surface area contributed by atoms with Gasteiger partial charge in [-0.1, -0.05) is 65.5 Å². The molecule has 0 aliphatic heterocycles. The van der Waals surface area contributed by atoms with Crippen LogP contribution >= 0.6 is 0 Å². The molecule has 3 N–H and O–H groups in total. The first-order chi connectivity index (χ1) is 13.6.